The molecule has 116 valence electrons. The van der Waals surface area contributed by atoms with E-state index in [0.717, 1.165) is 22.3 Å². The van der Waals surface area contributed by atoms with E-state index in [-0.39, 0.29) is 11.2 Å². The average Bonchev–Trinajstić information content (AvgIpc) is 2.86. The zero-order valence-corrected chi connectivity index (χ0v) is 14.0. The van der Waals surface area contributed by atoms with Crippen molar-refractivity contribution in [2.24, 2.45) is 7.05 Å². The molecule has 1 saturated heterocycles. The van der Waals surface area contributed by atoms with Gasteiger partial charge in [0.15, 0.2) is 0 Å². The van der Waals surface area contributed by atoms with Gasteiger partial charge < -0.3 is 9.31 Å². The number of hydrogen-bond donors (Lipinski definition) is 0. The van der Waals surface area contributed by atoms with Crippen LogP contribution in [-0.4, -0.2) is 33.1 Å². The van der Waals surface area contributed by atoms with Crippen LogP contribution in [0.1, 0.15) is 33.4 Å². The summed E-state index contributed by atoms with van der Waals surface area (Å²) >= 11 is 0. The molecule has 6 heteroatoms. The Bertz CT molecular complexity index is 693. The van der Waals surface area contributed by atoms with E-state index in [1.807, 2.05) is 31.0 Å². The van der Waals surface area contributed by atoms with Crippen molar-refractivity contribution in [2.75, 3.05) is 0 Å². The molecular weight excluding hydrogens is 277 g/mol. The standard InChI is InChI=1S/C16H22BN3O2/c1-11-14(10-20(6)19-11)12-7-13(9-18-8-12)17-21-15(2,3)16(4,5)22-17/h7-10H,1-6H3. The Hall–Kier alpha value is -1.66. The average molecular weight is 299 g/mol. The molecular formula is C16H22BN3O2. The first kappa shape index (κ1) is 15.2. The molecule has 1 aliphatic rings. The topological polar surface area (TPSA) is 49.2 Å². The molecule has 3 heterocycles. The predicted octanol–water partition coefficient (Wildman–Crippen LogP) is 2.09. The van der Waals surface area contributed by atoms with E-state index >= 15 is 0 Å². The van der Waals surface area contributed by atoms with E-state index in [4.69, 9.17) is 9.31 Å². The molecule has 0 unspecified atom stereocenters. The van der Waals surface area contributed by atoms with Gasteiger partial charge in [-0.3, -0.25) is 9.67 Å². The molecule has 22 heavy (non-hydrogen) atoms. The van der Waals surface area contributed by atoms with Crippen molar-refractivity contribution in [1.29, 1.82) is 0 Å². The highest BCUT2D eigenvalue weighted by Crippen LogP contribution is 2.36. The second kappa shape index (κ2) is 4.93. The molecule has 0 atom stereocenters. The summed E-state index contributed by atoms with van der Waals surface area (Å²) in [7, 11) is 1.52. The van der Waals surface area contributed by atoms with Crippen LogP contribution in [0.3, 0.4) is 0 Å². The van der Waals surface area contributed by atoms with E-state index in [1.54, 1.807) is 6.20 Å². The quantitative estimate of drug-likeness (QED) is 0.797. The zero-order valence-electron chi connectivity index (χ0n) is 14.0. The lowest BCUT2D eigenvalue weighted by Gasteiger charge is -2.32. The van der Waals surface area contributed by atoms with Crippen molar-refractivity contribution in [3.8, 4) is 11.1 Å². The highest BCUT2D eigenvalue weighted by Gasteiger charge is 2.51. The maximum atomic E-state index is 6.09. The first-order chi connectivity index (χ1) is 10.2. The van der Waals surface area contributed by atoms with Crippen LogP contribution in [0.15, 0.2) is 24.7 Å². The normalized spacial score (nSPS) is 19.6. The fraction of sp³-hybridized carbons (Fsp3) is 0.500. The van der Waals surface area contributed by atoms with E-state index in [0.29, 0.717) is 0 Å². The van der Waals surface area contributed by atoms with E-state index in [1.165, 1.54) is 0 Å². The maximum absolute atomic E-state index is 6.09. The van der Waals surface area contributed by atoms with Crippen molar-refractivity contribution in [3.05, 3.63) is 30.4 Å². The van der Waals surface area contributed by atoms with Crippen LogP contribution in [0.4, 0.5) is 0 Å². The monoisotopic (exact) mass is 299 g/mol. The first-order valence-electron chi connectivity index (χ1n) is 7.51. The Kier molecular flexibility index (Phi) is 3.42. The summed E-state index contributed by atoms with van der Waals surface area (Å²) in [5, 5.41) is 4.39. The zero-order chi connectivity index (χ0) is 16.1. The van der Waals surface area contributed by atoms with Gasteiger partial charge >= 0.3 is 7.12 Å². The van der Waals surface area contributed by atoms with E-state index < -0.39 is 7.12 Å². The number of rotatable bonds is 2. The third kappa shape index (κ3) is 2.46. The van der Waals surface area contributed by atoms with Gasteiger partial charge in [0.25, 0.3) is 0 Å². The van der Waals surface area contributed by atoms with Crippen LogP contribution >= 0.6 is 0 Å². The third-order valence-electron chi connectivity index (χ3n) is 4.61. The molecule has 0 aromatic carbocycles. The third-order valence-corrected chi connectivity index (χ3v) is 4.61. The minimum atomic E-state index is -0.394. The Balaban J connectivity index is 1.95. The smallest absolute Gasteiger partial charge is 0.399 e. The largest absolute Gasteiger partial charge is 0.496 e. The molecule has 0 N–H and O–H groups in total. The summed E-state index contributed by atoms with van der Waals surface area (Å²) in [6, 6.07) is 2.07. The maximum Gasteiger partial charge on any atom is 0.496 e. The minimum absolute atomic E-state index is 0.349. The number of aryl methyl sites for hydroxylation is 2. The van der Waals surface area contributed by atoms with Crippen molar-refractivity contribution in [3.63, 3.8) is 0 Å². The van der Waals surface area contributed by atoms with Gasteiger partial charge in [-0.2, -0.15) is 5.10 Å². The minimum Gasteiger partial charge on any atom is -0.399 e. The fourth-order valence-electron chi connectivity index (χ4n) is 2.60. The van der Waals surface area contributed by atoms with Gasteiger partial charge in [0, 0.05) is 42.2 Å². The Labute approximate surface area is 131 Å². The van der Waals surface area contributed by atoms with E-state index in [9.17, 15) is 0 Å². The first-order valence-corrected chi connectivity index (χ1v) is 7.51. The van der Waals surface area contributed by atoms with Crippen molar-refractivity contribution in [2.45, 2.75) is 45.8 Å². The van der Waals surface area contributed by atoms with Gasteiger partial charge in [-0.25, -0.2) is 0 Å². The fourth-order valence-corrected chi connectivity index (χ4v) is 2.60. The molecule has 0 spiro atoms. The van der Waals surface area contributed by atoms with E-state index in [2.05, 4.69) is 43.8 Å². The molecule has 5 nitrogen and oxygen atoms in total. The number of pyridine rings is 1. The molecule has 0 radical (unpaired) electrons. The molecule has 0 bridgehead atoms. The summed E-state index contributed by atoms with van der Waals surface area (Å²) in [5.41, 5.74) is 3.32. The van der Waals surface area contributed by atoms with Gasteiger partial charge in [0.2, 0.25) is 0 Å². The van der Waals surface area contributed by atoms with Crippen LogP contribution in [0.5, 0.6) is 0 Å². The predicted molar refractivity (Wildman–Crippen MR) is 86.9 cm³/mol. The molecule has 2 aromatic heterocycles. The van der Waals surface area contributed by atoms with Gasteiger partial charge in [-0.05, 0) is 34.6 Å². The molecule has 2 aromatic rings. The summed E-state index contributed by atoms with van der Waals surface area (Å²) in [6.07, 6.45) is 5.65. The van der Waals surface area contributed by atoms with Gasteiger partial charge in [-0.15, -0.1) is 0 Å². The lowest BCUT2D eigenvalue weighted by Crippen LogP contribution is -2.41. The van der Waals surface area contributed by atoms with Crippen molar-refractivity contribution in [1.82, 2.24) is 14.8 Å². The summed E-state index contributed by atoms with van der Waals surface area (Å²) in [6.45, 7) is 10.2. The van der Waals surface area contributed by atoms with Gasteiger partial charge in [0.1, 0.15) is 0 Å². The van der Waals surface area contributed by atoms with Crippen molar-refractivity contribution < 1.29 is 9.31 Å². The lowest BCUT2D eigenvalue weighted by atomic mass is 9.79. The summed E-state index contributed by atoms with van der Waals surface area (Å²) in [4.78, 5) is 4.35. The Morgan fingerprint density at radius 2 is 1.73 bits per heavy atom. The molecule has 0 aliphatic carbocycles. The molecule has 3 rings (SSSR count). The highest BCUT2D eigenvalue weighted by molar-refractivity contribution is 6.62. The SMILES string of the molecule is Cc1nn(C)cc1-c1cncc(B2OC(C)(C)C(C)(C)O2)c1. The van der Waals surface area contributed by atoms with Crippen LogP contribution in [0.2, 0.25) is 0 Å². The molecule has 0 saturated carbocycles. The molecule has 0 amide bonds. The number of hydrogen-bond acceptors (Lipinski definition) is 4. The Morgan fingerprint density at radius 1 is 1.09 bits per heavy atom. The van der Waals surface area contributed by atoms with Crippen LogP contribution < -0.4 is 5.46 Å². The lowest BCUT2D eigenvalue weighted by molar-refractivity contribution is 0.00578. The summed E-state index contributed by atoms with van der Waals surface area (Å²) < 4.78 is 14.0. The summed E-state index contributed by atoms with van der Waals surface area (Å²) in [5.74, 6) is 0. The van der Waals surface area contributed by atoms with Crippen molar-refractivity contribution >= 4 is 12.6 Å². The number of aromatic nitrogens is 3. The molecule has 1 aliphatic heterocycles. The highest BCUT2D eigenvalue weighted by atomic mass is 16.7. The second-order valence-corrected chi connectivity index (χ2v) is 6.90. The molecule has 1 fully saturated rings. The van der Waals surface area contributed by atoms with Crippen LogP contribution in [-0.2, 0) is 16.4 Å². The van der Waals surface area contributed by atoms with Gasteiger partial charge in [-0.1, -0.05) is 6.07 Å². The van der Waals surface area contributed by atoms with Crippen LogP contribution in [0.25, 0.3) is 11.1 Å². The number of nitrogens with zero attached hydrogens (tertiary/aromatic N) is 3. The second-order valence-electron chi connectivity index (χ2n) is 6.90. The Morgan fingerprint density at radius 3 is 2.27 bits per heavy atom. The van der Waals surface area contributed by atoms with Crippen LogP contribution in [0, 0.1) is 6.92 Å². The van der Waals surface area contributed by atoms with Gasteiger partial charge in [0.05, 0.1) is 16.9 Å².